The number of aromatic nitrogens is 3. The monoisotopic (exact) mass is 333 g/mol. The molecular weight excluding hydrogens is 318 g/mol. The highest BCUT2D eigenvalue weighted by atomic mass is 35.5. The van der Waals surface area contributed by atoms with Gasteiger partial charge in [0.25, 0.3) is 0 Å². The summed E-state index contributed by atoms with van der Waals surface area (Å²) in [7, 11) is 0. The van der Waals surface area contributed by atoms with Gasteiger partial charge in [0.05, 0.1) is 16.8 Å². The Hall–Kier alpha value is -2.26. The number of halogens is 1. The Morgan fingerprint density at radius 2 is 1.71 bits per heavy atom. The topological polar surface area (TPSA) is 38.7 Å². The van der Waals surface area contributed by atoms with E-state index >= 15 is 0 Å². The second kappa shape index (κ2) is 5.12. The average Bonchev–Trinajstić information content (AvgIpc) is 2.94. The number of fused-ring (bicyclic) bond motifs is 3. The summed E-state index contributed by atoms with van der Waals surface area (Å²) >= 11 is 6.06. The van der Waals surface area contributed by atoms with Crippen LogP contribution in [0.5, 0.6) is 0 Å². The Labute approximate surface area is 145 Å². The molecule has 0 amide bonds. The predicted molar refractivity (Wildman–Crippen MR) is 94.2 cm³/mol. The first-order valence-corrected chi connectivity index (χ1v) is 8.72. The van der Waals surface area contributed by atoms with Crippen LogP contribution >= 0.6 is 11.6 Å². The SMILES string of the molecule is Clc1ccc(C2(c3nnc4c(n3)-c3ccccc3C4)CCC2)cc1. The minimum absolute atomic E-state index is 0.107. The summed E-state index contributed by atoms with van der Waals surface area (Å²) < 4.78 is 0. The van der Waals surface area contributed by atoms with Gasteiger partial charge in [-0.1, -0.05) is 54.4 Å². The highest BCUT2D eigenvalue weighted by Crippen LogP contribution is 2.48. The normalized spacial score (nSPS) is 17.0. The van der Waals surface area contributed by atoms with Gasteiger partial charge in [-0.2, -0.15) is 5.10 Å². The molecule has 0 radical (unpaired) electrons. The largest absolute Gasteiger partial charge is 0.228 e. The molecule has 1 fully saturated rings. The molecule has 0 atom stereocenters. The summed E-state index contributed by atoms with van der Waals surface area (Å²) in [5.41, 5.74) is 5.63. The van der Waals surface area contributed by atoms with Gasteiger partial charge >= 0.3 is 0 Å². The maximum atomic E-state index is 6.06. The molecule has 118 valence electrons. The van der Waals surface area contributed by atoms with Crippen molar-refractivity contribution >= 4 is 11.6 Å². The molecule has 2 aliphatic carbocycles. The minimum Gasteiger partial charge on any atom is -0.228 e. The maximum Gasteiger partial charge on any atom is 0.162 e. The number of benzene rings is 2. The molecule has 0 aliphatic heterocycles. The molecule has 4 heteroatoms. The first kappa shape index (κ1) is 14.1. The summed E-state index contributed by atoms with van der Waals surface area (Å²) in [6, 6.07) is 16.5. The molecule has 0 unspecified atom stereocenters. The van der Waals surface area contributed by atoms with Crippen LogP contribution in [0.4, 0.5) is 0 Å². The van der Waals surface area contributed by atoms with Crippen LogP contribution in [0.15, 0.2) is 48.5 Å². The fraction of sp³-hybridized carbons (Fsp3) is 0.250. The van der Waals surface area contributed by atoms with E-state index < -0.39 is 0 Å². The lowest BCUT2D eigenvalue weighted by atomic mass is 9.64. The molecule has 0 spiro atoms. The van der Waals surface area contributed by atoms with Crippen molar-refractivity contribution in [3.63, 3.8) is 0 Å². The van der Waals surface area contributed by atoms with Crippen molar-refractivity contribution in [2.75, 3.05) is 0 Å². The van der Waals surface area contributed by atoms with Crippen molar-refractivity contribution in [3.8, 4) is 11.3 Å². The van der Waals surface area contributed by atoms with E-state index in [4.69, 9.17) is 16.6 Å². The smallest absolute Gasteiger partial charge is 0.162 e. The average molecular weight is 334 g/mol. The fourth-order valence-corrected chi connectivity index (χ4v) is 4.04. The maximum absolute atomic E-state index is 6.06. The van der Waals surface area contributed by atoms with Gasteiger partial charge in [0, 0.05) is 17.0 Å². The predicted octanol–water partition coefficient (Wildman–Crippen LogP) is 4.57. The summed E-state index contributed by atoms with van der Waals surface area (Å²) in [5.74, 6) is 0.853. The van der Waals surface area contributed by atoms with E-state index in [2.05, 4.69) is 46.6 Å². The highest BCUT2D eigenvalue weighted by molar-refractivity contribution is 6.30. The third-order valence-corrected chi connectivity index (χ3v) is 5.67. The number of rotatable bonds is 2. The molecular formula is C20H16ClN3. The zero-order valence-corrected chi connectivity index (χ0v) is 13.9. The van der Waals surface area contributed by atoms with Gasteiger partial charge in [-0.3, -0.25) is 0 Å². The summed E-state index contributed by atoms with van der Waals surface area (Å²) in [4.78, 5) is 4.98. The van der Waals surface area contributed by atoms with E-state index in [1.165, 1.54) is 23.1 Å². The number of hydrogen-bond acceptors (Lipinski definition) is 3. The lowest BCUT2D eigenvalue weighted by Gasteiger charge is -2.40. The van der Waals surface area contributed by atoms with E-state index in [-0.39, 0.29) is 5.41 Å². The van der Waals surface area contributed by atoms with Gasteiger partial charge in [-0.25, -0.2) is 4.98 Å². The van der Waals surface area contributed by atoms with Crippen molar-refractivity contribution in [1.82, 2.24) is 15.2 Å². The van der Waals surface area contributed by atoms with Crippen molar-refractivity contribution in [3.05, 3.63) is 76.2 Å². The van der Waals surface area contributed by atoms with Crippen LogP contribution in [-0.4, -0.2) is 15.2 Å². The lowest BCUT2D eigenvalue weighted by molar-refractivity contribution is 0.282. The molecule has 0 N–H and O–H groups in total. The Kier molecular flexibility index (Phi) is 3.01. The van der Waals surface area contributed by atoms with Crippen LogP contribution in [0.1, 0.15) is 41.9 Å². The summed E-state index contributed by atoms with van der Waals surface area (Å²) in [6.45, 7) is 0. The van der Waals surface area contributed by atoms with E-state index in [1.54, 1.807) is 0 Å². The molecule has 3 nitrogen and oxygen atoms in total. The van der Waals surface area contributed by atoms with Crippen LogP contribution in [0.25, 0.3) is 11.3 Å². The summed E-state index contributed by atoms with van der Waals surface area (Å²) in [6.07, 6.45) is 4.16. The second-order valence-corrected chi connectivity index (χ2v) is 7.14. The van der Waals surface area contributed by atoms with Crippen LogP contribution in [0.3, 0.4) is 0 Å². The van der Waals surface area contributed by atoms with Crippen molar-refractivity contribution in [1.29, 1.82) is 0 Å². The van der Waals surface area contributed by atoms with E-state index in [9.17, 15) is 0 Å². The molecule has 5 rings (SSSR count). The zero-order chi connectivity index (χ0) is 16.1. The first-order chi connectivity index (χ1) is 11.8. The van der Waals surface area contributed by atoms with Gasteiger partial charge in [-0.15, -0.1) is 5.10 Å². The van der Waals surface area contributed by atoms with Crippen LogP contribution in [0, 0.1) is 0 Å². The Morgan fingerprint density at radius 3 is 2.46 bits per heavy atom. The van der Waals surface area contributed by atoms with Gasteiger partial charge in [0.2, 0.25) is 0 Å². The number of nitrogens with zero attached hydrogens (tertiary/aromatic N) is 3. The molecule has 1 heterocycles. The highest BCUT2D eigenvalue weighted by Gasteiger charge is 2.44. The van der Waals surface area contributed by atoms with E-state index in [1.807, 2.05) is 12.1 Å². The Balaban J connectivity index is 1.64. The van der Waals surface area contributed by atoms with Crippen molar-refractivity contribution in [2.45, 2.75) is 31.1 Å². The third kappa shape index (κ3) is 1.94. The van der Waals surface area contributed by atoms with Gasteiger partial charge in [0.1, 0.15) is 0 Å². The standard InChI is InChI=1S/C20H16ClN3/c21-15-8-6-14(7-9-15)20(10-3-11-20)19-22-18-16-5-2-1-4-13(16)12-17(18)23-24-19/h1-2,4-9H,3,10-12H2. The quantitative estimate of drug-likeness (QED) is 0.539. The Bertz CT molecular complexity index is 930. The van der Waals surface area contributed by atoms with E-state index in [0.717, 1.165) is 41.5 Å². The van der Waals surface area contributed by atoms with Crippen molar-refractivity contribution in [2.24, 2.45) is 0 Å². The first-order valence-electron chi connectivity index (χ1n) is 8.35. The minimum atomic E-state index is -0.107. The molecule has 0 saturated heterocycles. The van der Waals surface area contributed by atoms with Crippen LogP contribution in [0.2, 0.25) is 5.02 Å². The molecule has 1 saturated carbocycles. The molecule has 2 aliphatic rings. The fourth-order valence-electron chi connectivity index (χ4n) is 3.91. The number of hydrogen-bond donors (Lipinski definition) is 0. The Morgan fingerprint density at radius 1 is 0.917 bits per heavy atom. The van der Waals surface area contributed by atoms with E-state index in [0.29, 0.717) is 0 Å². The second-order valence-electron chi connectivity index (χ2n) is 6.71. The molecule has 3 aromatic rings. The van der Waals surface area contributed by atoms with Crippen molar-refractivity contribution < 1.29 is 0 Å². The molecule has 24 heavy (non-hydrogen) atoms. The van der Waals surface area contributed by atoms with Gasteiger partial charge in [0.15, 0.2) is 5.82 Å². The van der Waals surface area contributed by atoms with Gasteiger partial charge in [-0.05, 0) is 36.1 Å². The molecule has 1 aromatic heterocycles. The lowest BCUT2D eigenvalue weighted by Crippen LogP contribution is -2.37. The molecule has 0 bridgehead atoms. The third-order valence-electron chi connectivity index (χ3n) is 5.42. The van der Waals surface area contributed by atoms with Crippen LogP contribution in [-0.2, 0) is 11.8 Å². The zero-order valence-electron chi connectivity index (χ0n) is 13.2. The van der Waals surface area contributed by atoms with Crippen LogP contribution < -0.4 is 0 Å². The van der Waals surface area contributed by atoms with Gasteiger partial charge < -0.3 is 0 Å². The summed E-state index contributed by atoms with van der Waals surface area (Å²) in [5, 5.41) is 9.82. The molecule has 2 aromatic carbocycles.